The van der Waals surface area contributed by atoms with Gasteiger partial charge in [-0.15, -0.1) is 0 Å². The molecule has 0 unspecified atom stereocenters. The lowest BCUT2D eigenvalue weighted by Crippen LogP contribution is -2.44. The molecule has 1 N–H and O–H groups in total. The monoisotopic (exact) mass is 281 g/mol. The summed E-state index contributed by atoms with van der Waals surface area (Å²) in [5, 5.41) is 1.88. The molecule has 0 amide bonds. The van der Waals surface area contributed by atoms with Gasteiger partial charge in [-0.2, -0.15) is 0 Å². The predicted molar refractivity (Wildman–Crippen MR) is 81.3 cm³/mol. The summed E-state index contributed by atoms with van der Waals surface area (Å²) < 4.78 is 4.79. The molecule has 5 nitrogen and oxygen atoms in total. The molecule has 0 fully saturated rings. The molecule has 0 aromatic heterocycles. The van der Waals surface area contributed by atoms with Crippen molar-refractivity contribution in [2.45, 2.75) is 6.54 Å². The van der Waals surface area contributed by atoms with Crippen molar-refractivity contribution in [3.05, 3.63) is 60.2 Å². The second-order valence-electron chi connectivity index (χ2n) is 4.61. The second kappa shape index (κ2) is 5.66. The van der Waals surface area contributed by atoms with Gasteiger partial charge in [-0.25, -0.2) is 9.79 Å². The maximum atomic E-state index is 11.9. The summed E-state index contributed by atoms with van der Waals surface area (Å²) in [4.78, 5) is 16.2. The Kier molecular flexibility index (Phi) is 3.55. The van der Waals surface area contributed by atoms with Crippen molar-refractivity contribution in [1.29, 1.82) is 0 Å². The highest BCUT2D eigenvalue weighted by Gasteiger charge is 2.21. The fourth-order valence-corrected chi connectivity index (χ4v) is 2.19. The molecule has 0 saturated carbocycles. The molecule has 21 heavy (non-hydrogen) atoms. The number of para-hydroxylation sites is 2. The highest BCUT2D eigenvalue weighted by atomic mass is 16.5. The molecular formula is C16H15N3O2. The van der Waals surface area contributed by atoms with Crippen molar-refractivity contribution < 1.29 is 9.53 Å². The predicted octanol–water partition coefficient (Wildman–Crippen LogP) is 2.41. The smallest absolute Gasteiger partial charge is 0.375 e. The molecular weight excluding hydrogens is 266 g/mol. The van der Waals surface area contributed by atoms with Crippen molar-refractivity contribution in [2.75, 3.05) is 12.1 Å². The Balaban J connectivity index is 2.03. The standard InChI is InChI=1S/C16H15N3O2/c1-21-16(20)15-17-14-10-6-5-7-12(14)11-19(18-15)13-8-3-2-4-9-13/h2-10H,11H2,1H3,(H,17,18). The minimum absolute atomic E-state index is 0.173. The van der Waals surface area contributed by atoms with Gasteiger partial charge >= 0.3 is 5.97 Å². The minimum atomic E-state index is -0.493. The van der Waals surface area contributed by atoms with Gasteiger partial charge in [-0.1, -0.05) is 36.4 Å². The normalized spacial score (nSPS) is 13.6. The van der Waals surface area contributed by atoms with Crippen LogP contribution in [0.1, 0.15) is 5.56 Å². The number of amidine groups is 1. The molecule has 2 aromatic rings. The molecule has 106 valence electrons. The fourth-order valence-electron chi connectivity index (χ4n) is 2.19. The largest absolute Gasteiger partial charge is 0.463 e. The van der Waals surface area contributed by atoms with E-state index < -0.39 is 5.97 Å². The van der Waals surface area contributed by atoms with E-state index in [0.717, 1.165) is 16.9 Å². The molecule has 3 rings (SSSR count). The molecule has 0 bridgehead atoms. The molecule has 2 aromatic carbocycles. The summed E-state index contributed by atoms with van der Waals surface area (Å²) in [7, 11) is 1.34. The van der Waals surface area contributed by atoms with Gasteiger partial charge in [0.1, 0.15) is 0 Å². The number of hydrogen-bond donors (Lipinski definition) is 1. The van der Waals surface area contributed by atoms with Crippen molar-refractivity contribution in [3.8, 4) is 0 Å². The number of nitrogens with one attached hydrogen (secondary N) is 1. The number of fused-ring (bicyclic) bond motifs is 1. The number of benzene rings is 2. The number of hydrazine groups is 1. The third-order valence-corrected chi connectivity index (χ3v) is 3.24. The third kappa shape index (κ3) is 2.72. The van der Waals surface area contributed by atoms with Crippen molar-refractivity contribution in [3.63, 3.8) is 0 Å². The zero-order chi connectivity index (χ0) is 14.7. The van der Waals surface area contributed by atoms with Crippen LogP contribution in [0.4, 0.5) is 11.4 Å². The van der Waals surface area contributed by atoms with Crippen LogP contribution in [0.5, 0.6) is 0 Å². The zero-order valence-electron chi connectivity index (χ0n) is 11.6. The van der Waals surface area contributed by atoms with Crippen LogP contribution in [0.3, 0.4) is 0 Å². The summed E-state index contributed by atoms with van der Waals surface area (Å²) in [5.41, 5.74) is 5.79. The first-order valence-corrected chi connectivity index (χ1v) is 6.62. The lowest BCUT2D eigenvalue weighted by atomic mass is 10.1. The number of carbonyl (C=O) groups is 1. The van der Waals surface area contributed by atoms with E-state index in [1.165, 1.54) is 7.11 Å². The van der Waals surface area contributed by atoms with Gasteiger partial charge in [0.25, 0.3) is 0 Å². The molecule has 1 heterocycles. The Morgan fingerprint density at radius 3 is 2.62 bits per heavy atom. The highest BCUT2D eigenvalue weighted by molar-refractivity contribution is 6.36. The van der Waals surface area contributed by atoms with Crippen LogP contribution in [0.2, 0.25) is 0 Å². The van der Waals surface area contributed by atoms with Gasteiger partial charge in [0.15, 0.2) is 0 Å². The van der Waals surface area contributed by atoms with Crippen molar-refractivity contribution >= 4 is 23.2 Å². The first kappa shape index (κ1) is 13.2. The Morgan fingerprint density at radius 2 is 1.86 bits per heavy atom. The van der Waals surface area contributed by atoms with E-state index in [2.05, 4.69) is 10.4 Å². The number of nitrogens with zero attached hydrogens (tertiary/aromatic N) is 2. The Hall–Kier alpha value is -2.82. The van der Waals surface area contributed by atoms with Gasteiger partial charge < -0.3 is 4.74 Å². The summed E-state index contributed by atoms with van der Waals surface area (Å²) in [6.07, 6.45) is 0. The SMILES string of the molecule is COC(=O)C1=Nc2ccccc2CN(c2ccccc2)N1. The van der Waals surface area contributed by atoms with Gasteiger partial charge in [0.2, 0.25) is 5.84 Å². The average molecular weight is 281 g/mol. The number of esters is 1. The number of hydrogen-bond acceptors (Lipinski definition) is 5. The Labute approximate surface area is 122 Å². The minimum Gasteiger partial charge on any atom is -0.463 e. The van der Waals surface area contributed by atoms with E-state index in [9.17, 15) is 4.79 Å². The molecule has 0 atom stereocenters. The fraction of sp³-hybridized carbons (Fsp3) is 0.125. The highest BCUT2D eigenvalue weighted by Crippen LogP contribution is 2.25. The molecule has 0 saturated heterocycles. The number of ether oxygens (including phenoxy) is 1. The molecule has 1 aliphatic heterocycles. The summed E-state index contributed by atoms with van der Waals surface area (Å²) in [5.74, 6) is -0.320. The first-order valence-electron chi connectivity index (χ1n) is 6.62. The zero-order valence-corrected chi connectivity index (χ0v) is 11.6. The third-order valence-electron chi connectivity index (χ3n) is 3.24. The number of methoxy groups -OCH3 is 1. The van der Waals surface area contributed by atoms with Crippen LogP contribution >= 0.6 is 0 Å². The molecule has 0 aliphatic carbocycles. The lowest BCUT2D eigenvalue weighted by Gasteiger charge is -2.24. The quantitative estimate of drug-likeness (QED) is 0.859. The molecule has 0 spiro atoms. The number of carbonyl (C=O) groups excluding carboxylic acids is 1. The van der Waals surface area contributed by atoms with Gasteiger partial charge in [-0.05, 0) is 23.8 Å². The summed E-state index contributed by atoms with van der Waals surface area (Å²) in [6.45, 7) is 0.601. The second-order valence-corrected chi connectivity index (χ2v) is 4.61. The number of anilines is 1. The van der Waals surface area contributed by atoms with E-state index >= 15 is 0 Å². The van der Waals surface area contributed by atoms with E-state index in [-0.39, 0.29) is 5.84 Å². The van der Waals surface area contributed by atoms with Crippen LogP contribution in [0, 0.1) is 0 Å². The van der Waals surface area contributed by atoms with E-state index in [4.69, 9.17) is 4.74 Å². The molecule has 1 aliphatic rings. The van der Waals surface area contributed by atoms with Crippen LogP contribution in [-0.4, -0.2) is 18.9 Å². The van der Waals surface area contributed by atoms with E-state index in [1.807, 2.05) is 59.6 Å². The maximum absolute atomic E-state index is 11.9. The molecule has 5 heteroatoms. The van der Waals surface area contributed by atoms with Crippen LogP contribution in [-0.2, 0) is 16.1 Å². The summed E-state index contributed by atoms with van der Waals surface area (Å²) >= 11 is 0. The van der Waals surface area contributed by atoms with Crippen LogP contribution < -0.4 is 10.4 Å². The van der Waals surface area contributed by atoms with Gasteiger partial charge in [-0.3, -0.25) is 10.4 Å². The summed E-state index contributed by atoms with van der Waals surface area (Å²) in [6, 6.07) is 17.5. The maximum Gasteiger partial charge on any atom is 0.375 e. The average Bonchev–Trinajstić information content (AvgIpc) is 2.74. The van der Waals surface area contributed by atoms with Gasteiger partial charge in [0.05, 0.1) is 25.0 Å². The Bertz CT molecular complexity index is 683. The lowest BCUT2D eigenvalue weighted by molar-refractivity contribution is -0.133. The first-order chi connectivity index (χ1) is 10.3. The number of rotatable bonds is 2. The molecule has 0 radical (unpaired) electrons. The van der Waals surface area contributed by atoms with E-state index in [0.29, 0.717) is 6.54 Å². The topological polar surface area (TPSA) is 53.9 Å². The van der Waals surface area contributed by atoms with Crippen molar-refractivity contribution in [2.24, 2.45) is 4.99 Å². The van der Waals surface area contributed by atoms with Crippen LogP contribution in [0.15, 0.2) is 59.6 Å². The number of aliphatic imine (C=N–C) groups is 1. The van der Waals surface area contributed by atoms with Crippen molar-refractivity contribution in [1.82, 2.24) is 5.43 Å². The van der Waals surface area contributed by atoms with Crippen LogP contribution in [0.25, 0.3) is 0 Å². The van der Waals surface area contributed by atoms with Gasteiger partial charge in [0, 0.05) is 0 Å². The van der Waals surface area contributed by atoms with E-state index in [1.54, 1.807) is 0 Å². The Morgan fingerprint density at radius 1 is 1.14 bits per heavy atom.